The van der Waals surface area contributed by atoms with Crippen LogP contribution in [-0.4, -0.2) is 31.0 Å². The average molecular weight is 475 g/mol. The molecule has 0 saturated heterocycles. The van der Waals surface area contributed by atoms with E-state index in [2.05, 4.69) is 4.98 Å². The maximum Gasteiger partial charge on any atom is 0.325 e. The van der Waals surface area contributed by atoms with Crippen molar-refractivity contribution >= 4 is 49.6 Å². The van der Waals surface area contributed by atoms with Crippen molar-refractivity contribution in [2.45, 2.75) is 29.1 Å². The number of esters is 1. The Balaban J connectivity index is 1.74. The van der Waals surface area contributed by atoms with Gasteiger partial charge in [0.15, 0.2) is 0 Å². The molecule has 9 heteroatoms. The Hall–Kier alpha value is -2.68. The SMILES string of the molecule is COC(=O)Cn1c(C)c(Cc2cnc(S(=O)(=O)c3ccccc3)s2)c2cc(Cl)ccc21. The highest BCUT2D eigenvalue weighted by Gasteiger charge is 2.23. The van der Waals surface area contributed by atoms with E-state index in [4.69, 9.17) is 16.3 Å². The van der Waals surface area contributed by atoms with E-state index >= 15 is 0 Å². The number of carbonyl (C=O) groups excluding carboxylic acids is 1. The smallest absolute Gasteiger partial charge is 0.325 e. The molecule has 4 rings (SSSR count). The van der Waals surface area contributed by atoms with Crippen LogP contribution in [0.2, 0.25) is 5.02 Å². The average Bonchev–Trinajstić information content (AvgIpc) is 3.34. The standard InChI is InChI=1S/C22H19ClN2O4S2/c1-14-18(19-10-15(23)8-9-20(19)25(14)13-21(26)29-2)11-16-12-24-22(30-16)31(27,28)17-6-4-3-5-7-17/h3-10,12H,11,13H2,1-2H3. The molecule has 2 aromatic heterocycles. The molecule has 0 atom stereocenters. The summed E-state index contributed by atoms with van der Waals surface area (Å²) in [5.41, 5.74) is 2.72. The van der Waals surface area contributed by atoms with E-state index in [1.165, 1.54) is 7.11 Å². The number of benzene rings is 2. The molecule has 6 nitrogen and oxygen atoms in total. The van der Waals surface area contributed by atoms with Gasteiger partial charge in [-0.3, -0.25) is 4.79 Å². The topological polar surface area (TPSA) is 78.3 Å². The van der Waals surface area contributed by atoms with Gasteiger partial charge in [0.05, 0.1) is 12.0 Å². The molecule has 0 N–H and O–H groups in total. The molecule has 0 unspecified atom stereocenters. The Bertz CT molecular complexity index is 1380. The molecular formula is C22H19ClN2O4S2. The molecule has 0 spiro atoms. The predicted octanol–water partition coefficient (Wildman–Crippen LogP) is 4.66. The van der Waals surface area contributed by atoms with E-state index in [0.29, 0.717) is 11.4 Å². The van der Waals surface area contributed by atoms with Gasteiger partial charge in [-0.1, -0.05) is 29.8 Å². The van der Waals surface area contributed by atoms with Crippen molar-refractivity contribution in [2.24, 2.45) is 0 Å². The first kappa shape index (κ1) is 21.5. The molecule has 31 heavy (non-hydrogen) atoms. The van der Waals surface area contributed by atoms with Gasteiger partial charge >= 0.3 is 5.97 Å². The van der Waals surface area contributed by atoms with Gasteiger partial charge in [-0.25, -0.2) is 13.4 Å². The number of hydrogen-bond donors (Lipinski definition) is 0. The largest absolute Gasteiger partial charge is 0.468 e. The molecule has 0 aliphatic rings. The lowest BCUT2D eigenvalue weighted by molar-refractivity contribution is -0.141. The number of hydrogen-bond acceptors (Lipinski definition) is 6. The summed E-state index contributed by atoms with van der Waals surface area (Å²) in [6.07, 6.45) is 2.06. The summed E-state index contributed by atoms with van der Waals surface area (Å²) in [5.74, 6) is -0.351. The van der Waals surface area contributed by atoms with Gasteiger partial charge in [0, 0.05) is 39.1 Å². The highest BCUT2D eigenvalue weighted by Crippen LogP contribution is 2.33. The van der Waals surface area contributed by atoms with Crippen molar-refractivity contribution in [3.05, 3.63) is 75.9 Å². The summed E-state index contributed by atoms with van der Waals surface area (Å²) >= 11 is 7.38. The lowest BCUT2D eigenvalue weighted by Gasteiger charge is -2.07. The number of sulfone groups is 1. The normalized spacial score (nSPS) is 11.7. The van der Waals surface area contributed by atoms with Crippen LogP contribution in [0.25, 0.3) is 10.9 Å². The van der Waals surface area contributed by atoms with Gasteiger partial charge in [-0.05, 0) is 42.8 Å². The summed E-state index contributed by atoms with van der Waals surface area (Å²) in [6, 6.07) is 13.8. The number of fused-ring (bicyclic) bond motifs is 1. The van der Waals surface area contributed by atoms with E-state index in [0.717, 1.165) is 38.4 Å². The van der Waals surface area contributed by atoms with Crippen molar-refractivity contribution in [1.82, 2.24) is 9.55 Å². The van der Waals surface area contributed by atoms with Crippen molar-refractivity contribution in [3.63, 3.8) is 0 Å². The third-order valence-corrected chi connectivity index (χ3v) is 8.49. The fourth-order valence-corrected chi connectivity index (χ4v) is 6.30. The molecule has 0 saturated carbocycles. The molecule has 4 aromatic rings. The molecule has 0 bridgehead atoms. The fraction of sp³-hybridized carbons (Fsp3) is 0.182. The third kappa shape index (κ3) is 4.11. The molecule has 2 heterocycles. The van der Waals surface area contributed by atoms with Gasteiger partial charge in [0.25, 0.3) is 0 Å². The van der Waals surface area contributed by atoms with Crippen LogP contribution >= 0.6 is 22.9 Å². The molecule has 0 fully saturated rings. The van der Waals surface area contributed by atoms with Crippen LogP contribution in [0.3, 0.4) is 0 Å². The zero-order chi connectivity index (χ0) is 22.2. The fourth-order valence-electron chi connectivity index (χ4n) is 3.51. The minimum Gasteiger partial charge on any atom is -0.468 e. The first-order chi connectivity index (χ1) is 14.8. The van der Waals surface area contributed by atoms with Gasteiger partial charge in [-0.15, -0.1) is 11.3 Å². The second-order valence-electron chi connectivity index (χ2n) is 6.97. The van der Waals surface area contributed by atoms with Crippen LogP contribution in [0.5, 0.6) is 0 Å². The van der Waals surface area contributed by atoms with Gasteiger partial charge in [0.1, 0.15) is 6.54 Å². The Labute approximate surface area is 189 Å². The van der Waals surface area contributed by atoms with E-state index in [1.807, 2.05) is 23.6 Å². The highest BCUT2D eigenvalue weighted by atomic mass is 35.5. The maximum atomic E-state index is 12.9. The van der Waals surface area contributed by atoms with Crippen LogP contribution < -0.4 is 0 Å². The minimum absolute atomic E-state index is 0.0580. The molecule has 0 aliphatic heterocycles. The van der Waals surface area contributed by atoms with E-state index in [1.54, 1.807) is 42.6 Å². The number of ether oxygens (including phenoxy) is 1. The quantitative estimate of drug-likeness (QED) is 0.380. The highest BCUT2D eigenvalue weighted by molar-refractivity contribution is 7.93. The third-order valence-electron chi connectivity index (χ3n) is 5.10. The summed E-state index contributed by atoms with van der Waals surface area (Å²) in [4.78, 5) is 17.1. The number of methoxy groups -OCH3 is 1. The van der Waals surface area contributed by atoms with Crippen molar-refractivity contribution in [3.8, 4) is 0 Å². The van der Waals surface area contributed by atoms with Crippen LogP contribution in [0.15, 0.2) is 64.0 Å². The Morgan fingerprint density at radius 2 is 1.94 bits per heavy atom. The Morgan fingerprint density at radius 3 is 2.65 bits per heavy atom. The monoisotopic (exact) mass is 474 g/mol. The lowest BCUT2D eigenvalue weighted by Crippen LogP contribution is -2.12. The van der Waals surface area contributed by atoms with E-state index in [-0.39, 0.29) is 21.7 Å². The summed E-state index contributed by atoms with van der Waals surface area (Å²) in [6.45, 7) is 2.01. The number of halogens is 1. The molecule has 0 aliphatic carbocycles. The second kappa shape index (κ2) is 8.45. The van der Waals surface area contributed by atoms with Crippen molar-refractivity contribution in [1.29, 1.82) is 0 Å². The number of carbonyl (C=O) groups is 1. The zero-order valence-electron chi connectivity index (χ0n) is 16.8. The summed E-state index contributed by atoms with van der Waals surface area (Å²) < 4.78 is 32.5. The van der Waals surface area contributed by atoms with Gasteiger partial charge in [0.2, 0.25) is 14.2 Å². The molecule has 2 aromatic carbocycles. The second-order valence-corrected chi connectivity index (χ2v) is 10.6. The first-order valence-electron chi connectivity index (χ1n) is 9.40. The minimum atomic E-state index is -3.66. The van der Waals surface area contributed by atoms with Crippen molar-refractivity contribution < 1.29 is 17.9 Å². The van der Waals surface area contributed by atoms with E-state index < -0.39 is 9.84 Å². The number of aromatic nitrogens is 2. The van der Waals surface area contributed by atoms with Crippen LogP contribution in [0, 0.1) is 6.92 Å². The molecule has 0 amide bonds. The molecule has 0 radical (unpaired) electrons. The zero-order valence-corrected chi connectivity index (χ0v) is 19.2. The first-order valence-corrected chi connectivity index (χ1v) is 12.1. The number of thiazole rings is 1. The van der Waals surface area contributed by atoms with Gasteiger partial charge < -0.3 is 9.30 Å². The number of nitrogens with zero attached hydrogens (tertiary/aromatic N) is 2. The summed E-state index contributed by atoms with van der Waals surface area (Å²) in [5, 5.41) is 1.50. The van der Waals surface area contributed by atoms with Gasteiger partial charge in [-0.2, -0.15) is 0 Å². The van der Waals surface area contributed by atoms with Crippen molar-refractivity contribution in [2.75, 3.05) is 7.11 Å². The predicted molar refractivity (Wildman–Crippen MR) is 121 cm³/mol. The van der Waals surface area contributed by atoms with E-state index in [9.17, 15) is 13.2 Å². The molecular weight excluding hydrogens is 456 g/mol. The Kier molecular flexibility index (Phi) is 5.88. The van der Waals surface area contributed by atoms with Crippen LogP contribution in [-0.2, 0) is 32.3 Å². The maximum absolute atomic E-state index is 12.9. The summed E-state index contributed by atoms with van der Waals surface area (Å²) in [7, 11) is -2.31. The van der Waals surface area contributed by atoms with Crippen LogP contribution in [0.4, 0.5) is 0 Å². The van der Waals surface area contributed by atoms with Crippen LogP contribution in [0.1, 0.15) is 16.1 Å². The Morgan fingerprint density at radius 1 is 1.19 bits per heavy atom. The number of rotatable bonds is 6. The lowest BCUT2D eigenvalue weighted by atomic mass is 10.1. The molecule has 160 valence electrons.